The van der Waals surface area contributed by atoms with E-state index in [9.17, 15) is 9.59 Å². The molecule has 2 aromatic rings. The zero-order valence-corrected chi connectivity index (χ0v) is 18.8. The van der Waals surface area contributed by atoms with E-state index in [-0.39, 0.29) is 11.8 Å². The first kappa shape index (κ1) is 22.2. The lowest BCUT2D eigenvalue weighted by molar-refractivity contribution is -0.132. The first-order valence-corrected chi connectivity index (χ1v) is 11.6. The van der Waals surface area contributed by atoms with Gasteiger partial charge in [0, 0.05) is 37.7 Å². The number of rotatable bonds is 7. The third-order valence-corrected chi connectivity index (χ3v) is 6.35. The number of benzene rings is 2. The Morgan fingerprint density at radius 3 is 2.44 bits per heavy atom. The van der Waals surface area contributed by atoms with Crippen LogP contribution in [0.1, 0.15) is 41.6 Å². The molecule has 2 amide bonds. The van der Waals surface area contributed by atoms with E-state index < -0.39 is 0 Å². The molecule has 0 radical (unpaired) electrons. The van der Waals surface area contributed by atoms with Crippen molar-refractivity contribution in [3.63, 3.8) is 0 Å². The molecular weight excluding hydrogens is 404 g/mol. The number of carbonyl (C=O) groups is 2. The summed E-state index contributed by atoms with van der Waals surface area (Å²) in [5, 5.41) is 0. The van der Waals surface area contributed by atoms with Gasteiger partial charge >= 0.3 is 0 Å². The summed E-state index contributed by atoms with van der Waals surface area (Å²) in [5.41, 5.74) is 1.68. The molecule has 0 spiro atoms. The molecule has 170 valence electrons. The Bertz CT molecular complexity index is 922. The summed E-state index contributed by atoms with van der Waals surface area (Å²) in [7, 11) is 1.64. The summed E-state index contributed by atoms with van der Waals surface area (Å²) < 4.78 is 11.2. The quantitative estimate of drug-likeness (QED) is 0.663. The molecule has 2 aliphatic heterocycles. The second-order valence-corrected chi connectivity index (χ2v) is 8.71. The average molecular weight is 437 g/mol. The Morgan fingerprint density at radius 1 is 0.938 bits per heavy atom. The highest BCUT2D eigenvalue weighted by molar-refractivity contribution is 5.94. The van der Waals surface area contributed by atoms with Gasteiger partial charge in [0.2, 0.25) is 5.91 Å². The number of carbonyl (C=O) groups excluding carboxylic acids is 2. The number of likely N-dealkylation sites (tertiary alicyclic amines) is 2. The van der Waals surface area contributed by atoms with Crippen molar-refractivity contribution in [2.24, 2.45) is 5.92 Å². The standard InChI is InChI=1S/C26H32N2O4/c1-31-23-11-9-20(10-12-23)16-25(29)28-15-5-6-21(18-28)19-32-24-8-4-7-22(17-24)26(30)27-13-2-3-14-27/h4,7-12,17,21H,2-3,5-6,13-16,18-19H2,1H3/t21-/m0/s1. The van der Waals surface area contributed by atoms with Crippen molar-refractivity contribution in [1.82, 2.24) is 9.80 Å². The summed E-state index contributed by atoms with van der Waals surface area (Å²) >= 11 is 0. The molecule has 4 rings (SSSR count). The van der Waals surface area contributed by atoms with E-state index in [2.05, 4.69) is 0 Å². The van der Waals surface area contributed by atoms with Crippen LogP contribution in [-0.2, 0) is 11.2 Å². The van der Waals surface area contributed by atoms with E-state index in [1.165, 1.54) is 0 Å². The van der Waals surface area contributed by atoms with E-state index in [1.54, 1.807) is 7.11 Å². The number of ether oxygens (including phenoxy) is 2. The number of nitrogens with zero attached hydrogens (tertiary/aromatic N) is 2. The fourth-order valence-electron chi connectivity index (χ4n) is 4.49. The van der Waals surface area contributed by atoms with Crippen LogP contribution >= 0.6 is 0 Å². The summed E-state index contributed by atoms with van der Waals surface area (Å²) in [6.45, 7) is 3.74. The van der Waals surface area contributed by atoms with Crippen molar-refractivity contribution in [2.75, 3.05) is 39.9 Å². The van der Waals surface area contributed by atoms with Gasteiger partial charge in [0.15, 0.2) is 0 Å². The van der Waals surface area contributed by atoms with Crippen molar-refractivity contribution in [3.8, 4) is 11.5 Å². The molecule has 2 aromatic carbocycles. The van der Waals surface area contributed by atoms with E-state index in [0.717, 1.165) is 62.4 Å². The fourth-order valence-corrected chi connectivity index (χ4v) is 4.49. The number of methoxy groups -OCH3 is 1. The van der Waals surface area contributed by atoms with Crippen molar-refractivity contribution in [1.29, 1.82) is 0 Å². The topological polar surface area (TPSA) is 59.1 Å². The van der Waals surface area contributed by atoms with Crippen molar-refractivity contribution >= 4 is 11.8 Å². The molecule has 0 aliphatic carbocycles. The maximum Gasteiger partial charge on any atom is 0.253 e. The molecule has 0 N–H and O–H groups in total. The normalized spacial score (nSPS) is 18.5. The van der Waals surface area contributed by atoms with Gasteiger partial charge in [-0.2, -0.15) is 0 Å². The molecule has 0 bridgehead atoms. The molecule has 2 fully saturated rings. The Labute approximate surface area is 190 Å². The zero-order chi connectivity index (χ0) is 22.3. The predicted molar refractivity (Wildman–Crippen MR) is 123 cm³/mol. The molecular formula is C26H32N2O4. The first-order valence-electron chi connectivity index (χ1n) is 11.6. The molecule has 6 nitrogen and oxygen atoms in total. The van der Waals surface area contributed by atoms with Gasteiger partial charge in [-0.15, -0.1) is 0 Å². The lowest BCUT2D eigenvalue weighted by atomic mass is 9.98. The van der Waals surface area contributed by atoms with E-state index in [0.29, 0.717) is 31.1 Å². The van der Waals surface area contributed by atoms with Crippen molar-refractivity contribution in [2.45, 2.75) is 32.1 Å². The zero-order valence-electron chi connectivity index (χ0n) is 18.8. The van der Waals surface area contributed by atoms with Gasteiger partial charge in [0.25, 0.3) is 5.91 Å². The Kier molecular flexibility index (Phi) is 7.30. The van der Waals surface area contributed by atoms with Gasteiger partial charge in [0.1, 0.15) is 11.5 Å². The minimum absolute atomic E-state index is 0.0842. The average Bonchev–Trinajstić information content (AvgIpc) is 3.38. The Balaban J connectivity index is 1.29. The van der Waals surface area contributed by atoms with Crippen LogP contribution in [0.25, 0.3) is 0 Å². The Morgan fingerprint density at radius 2 is 1.69 bits per heavy atom. The van der Waals surface area contributed by atoms with Gasteiger partial charge in [-0.05, 0) is 61.6 Å². The molecule has 2 aliphatic rings. The second-order valence-electron chi connectivity index (χ2n) is 8.71. The minimum atomic E-state index is 0.0842. The number of hydrogen-bond donors (Lipinski definition) is 0. The lowest BCUT2D eigenvalue weighted by Gasteiger charge is -2.32. The molecule has 2 heterocycles. The summed E-state index contributed by atoms with van der Waals surface area (Å²) in [6, 6.07) is 15.1. The number of hydrogen-bond acceptors (Lipinski definition) is 4. The molecule has 0 saturated carbocycles. The second kappa shape index (κ2) is 10.5. The van der Waals surface area contributed by atoms with E-state index >= 15 is 0 Å². The maximum atomic E-state index is 12.8. The van der Waals surface area contributed by atoms with Gasteiger partial charge in [0.05, 0.1) is 20.1 Å². The summed E-state index contributed by atoms with van der Waals surface area (Å²) in [4.78, 5) is 29.3. The van der Waals surface area contributed by atoms with Crippen molar-refractivity contribution in [3.05, 3.63) is 59.7 Å². The van der Waals surface area contributed by atoms with Crippen LogP contribution in [0.3, 0.4) is 0 Å². The largest absolute Gasteiger partial charge is 0.497 e. The summed E-state index contributed by atoms with van der Waals surface area (Å²) in [6.07, 6.45) is 4.58. The minimum Gasteiger partial charge on any atom is -0.497 e. The Hall–Kier alpha value is -3.02. The summed E-state index contributed by atoms with van der Waals surface area (Å²) in [5.74, 6) is 2.04. The van der Waals surface area contributed by atoms with E-state index in [4.69, 9.17) is 9.47 Å². The van der Waals surface area contributed by atoms with Gasteiger partial charge in [-0.25, -0.2) is 0 Å². The number of amides is 2. The van der Waals surface area contributed by atoms with Gasteiger partial charge < -0.3 is 19.3 Å². The SMILES string of the molecule is COc1ccc(CC(=O)N2CCC[C@H](COc3cccc(C(=O)N4CCCC4)c3)C2)cc1. The van der Waals surface area contributed by atoms with Crippen LogP contribution in [0.2, 0.25) is 0 Å². The van der Waals surface area contributed by atoms with Crippen LogP contribution in [0.15, 0.2) is 48.5 Å². The van der Waals surface area contributed by atoms with Crippen LogP contribution in [0.4, 0.5) is 0 Å². The molecule has 0 aromatic heterocycles. The first-order chi connectivity index (χ1) is 15.6. The molecule has 2 saturated heterocycles. The fraction of sp³-hybridized carbons (Fsp3) is 0.462. The highest BCUT2D eigenvalue weighted by atomic mass is 16.5. The lowest BCUT2D eigenvalue weighted by Crippen LogP contribution is -2.42. The molecule has 32 heavy (non-hydrogen) atoms. The molecule has 6 heteroatoms. The van der Waals surface area contributed by atoms with Crippen LogP contribution < -0.4 is 9.47 Å². The van der Waals surface area contributed by atoms with Crippen LogP contribution in [0, 0.1) is 5.92 Å². The predicted octanol–water partition coefficient (Wildman–Crippen LogP) is 3.79. The van der Waals surface area contributed by atoms with Crippen molar-refractivity contribution < 1.29 is 19.1 Å². The van der Waals surface area contributed by atoms with Crippen LogP contribution in [-0.4, -0.2) is 61.5 Å². The maximum absolute atomic E-state index is 12.8. The van der Waals surface area contributed by atoms with Crippen LogP contribution in [0.5, 0.6) is 11.5 Å². The molecule has 1 atom stereocenters. The monoisotopic (exact) mass is 436 g/mol. The third kappa shape index (κ3) is 5.61. The van der Waals surface area contributed by atoms with Gasteiger partial charge in [-0.1, -0.05) is 18.2 Å². The highest BCUT2D eigenvalue weighted by Gasteiger charge is 2.25. The smallest absolute Gasteiger partial charge is 0.253 e. The number of piperidine rings is 1. The van der Waals surface area contributed by atoms with Gasteiger partial charge in [-0.3, -0.25) is 9.59 Å². The van der Waals surface area contributed by atoms with E-state index in [1.807, 2.05) is 58.3 Å². The third-order valence-electron chi connectivity index (χ3n) is 6.35. The molecule has 0 unspecified atom stereocenters. The highest BCUT2D eigenvalue weighted by Crippen LogP contribution is 2.22.